The van der Waals surface area contributed by atoms with Gasteiger partial charge < -0.3 is 4.74 Å². The van der Waals surface area contributed by atoms with E-state index in [4.69, 9.17) is 33.0 Å². The molecular formula is C19H18Cl2N2O. The largest absolute Gasteiger partial charge is 0.469 e. The Morgan fingerprint density at radius 3 is 2.62 bits per heavy atom. The van der Waals surface area contributed by atoms with Crippen molar-refractivity contribution in [2.45, 2.75) is 38.5 Å². The monoisotopic (exact) mass is 360 g/mol. The molecule has 2 aliphatic rings. The van der Waals surface area contributed by atoms with Crippen LogP contribution >= 0.6 is 23.2 Å². The van der Waals surface area contributed by atoms with Gasteiger partial charge in [0.25, 0.3) is 0 Å². The molecule has 2 aromatic carbocycles. The third-order valence-corrected chi connectivity index (χ3v) is 5.03. The number of hydrogen-bond donors (Lipinski definition) is 0. The molecule has 0 spiro atoms. The molecule has 0 saturated carbocycles. The molecule has 0 aromatic heterocycles. The molecule has 0 radical (unpaired) electrons. The van der Waals surface area contributed by atoms with Crippen LogP contribution < -0.4 is 4.74 Å². The van der Waals surface area contributed by atoms with Gasteiger partial charge in [-0.05, 0) is 35.9 Å². The molecule has 3 nitrogen and oxygen atoms in total. The Bertz CT molecular complexity index is 788. The molecular weight excluding hydrogens is 343 g/mol. The van der Waals surface area contributed by atoms with E-state index >= 15 is 0 Å². The van der Waals surface area contributed by atoms with Crippen molar-refractivity contribution in [2.24, 2.45) is 5.10 Å². The Hall–Kier alpha value is -1.71. The van der Waals surface area contributed by atoms with Crippen molar-refractivity contribution >= 4 is 28.9 Å². The predicted octanol–water partition coefficient (Wildman–Crippen LogP) is 5.66. The van der Waals surface area contributed by atoms with Gasteiger partial charge >= 0.3 is 0 Å². The van der Waals surface area contributed by atoms with Gasteiger partial charge in [-0.15, -0.1) is 0 Å². The third-order valence-electron chi connectivity index (χ3n) is 4.54. The molecule has 2 aromatic rings. The Kier molecular flexibility index (Phi) is 4.15. The number of halogens is 2. The molecule has 4 rings (SSSR count). The number of nitrogens with zero attached hydrogens (tertiary/aromatic N) is 2. The molecule has 2 aliphatic heterocycles. The van der Waals surface area contributed by atoms with E-state index in [1.807, 2.05) is 42.5 Å². The maximum Gasteiger partial charge on any atom is 0.187 e. The van der Waals surface area contributed by atoms with E-state index in [0.717, 1.165) is 51.9 Å². The second kappa shape index (κ2) is 6.30. The Labute approximate surface area is 151 Å². The lowest BCUT2D eigenvalue weighted by Gasteiger charge is -2.38. The highest BCUT2D eigenvalue weighted by atomic mass is 35.5. The molecule has 24 heavy (non-hydrogen) atoms. The predicted molar refractivity (Wildman–Crippen MR) is 98.0 cm³/mol. The molecule has 5 heteroatoms. The SMILES string of the molecule is CCC[C@@H]1Oc2ccc(Cl)cc2[C@@H]2CC(c3ccc(Cl)cc3)=NN12. The lowest BCUT2D eigenvalue weighted by molar-refractivity contribution is -0.0223. The summed E-state index contributed by atoms with van der Waals surface area (Å²) < 4.78 is 6.18. The summed E-state index contributed by atoms with van der Waals surface area (Å²) in [6.07, 6.45) is 2.80. The summed E-state index contributed by atoms with van der Waals surface area (Å²) in [5, 5.41) is 8.44. The van der Waals surface area contributed by atoms with E-state index in [-0.39, 0.29) is 12.3 Å². The Morgan fingerprint density at radius 1 is 1.12 bits per heavy atom. The van der Waals surface area contributed by atoms with Crippen LogP contribution in [0.15, 0.2) is 47.6 Å². The van der Waals surface area contributed by atoms with Crippen LogP contribution in [0.5, 0.6) is 5.75 Å². The lowest BCUT2D eigenvalue weighted by atomic mass is 9.96. The van der Waals surface area contributed by atoms with E-state index in [2.05, 4.69) is 11.9 Å². The average molecular weight is 361 g/mol. The van der Waals surface area contributed by atoms with Crippen molar-refractivity contribution in [3.8, 4) is 5.75 Å². The fraction of sp³-hybridized carbons (Fsp3) is 0.316. The maximum atomic E-state index is 6.21. The number of ether oxygens (including phenoxy) is 1. The zero-order chi connectivity index (χ0) is 16.7. The van der Waals surface area contributed by atoms with Gasteiger partial charge in [0.05, 0.1) is 11.8 Å². The van der Waals surface area contributed by atoms with Gasteiger partial charge in [0.2, 0.25) is 0 Å². The normalized spacial score (nSPS) is 21.8. The second-order valence-electron chi connectivity index (χ2n) is 6.20. The minimum Gasteiger partial charge on any atom is -0.469 e. The molecule has 0 aliphatic carbocycles. The number of rotatable bonds is 3. The van der Waals surface area contributed by atoms with Gasteiger partial charge in [-0.1, -0.05) is 48.7 Å². The van der Waals surface area contributed by atoms with Gasteiger partial charge in [-0.25, -0.2) is 0 Å². The van der Waals surface area contributed by atoms with Crippen molar-refractivity contribution in [2.75, 3.05) is 0 Å². The highest BCUT2D eigenvalue weighted by Crippen LogP contribution is 2.44. The zero-order valence-corrected chi connectivity index (χ0v) is 14.9. The summed E-state index contributed by atoms with van der Waals surface area (Å²) in [7, 11) is 0. The first-order valence-electron chi connectivity index (χ1n) is 8.23. The highest BCUT2D eigenvalue weighted by Gasteiger charge is 2.39. The minimum absolute atomic E-state index is 0.0292. The van der Waals surface area contributed by atoms with Crippen LogP contribution in [-0.2, 0) is 0 Å². The summed E-state index contributed by atoms with van der Waals surface area (Å²) in [6.45, 7) is 2.16. The molecule has 0 saturated heterocycles. The highest BCUT2D eigenvalue weighted by molar-refractivity contribution is 6.31. The summed E-state index contributed by atoms with van der Waals surface area (Å²) >= 11 is 12.2. The van der Waals surface area contributed by atoms with Crippen molar-refractivity contribution in [3.63, 3.8) is 0 Å². The van der Waals surface area contributed by atoms with Crippen LogP contribution in [0.2, 0.25) is 10.0 Å². The van der Waals surface area contributed by atoms with Crippen LogP contribution in [0.25, 0.3) is 0 Å². The number of hydrazone groups is 1. The number of hydrogen-bond acceptors (Lipinski definition) is 3. The van der Waals surface area contributed by atoms with Gasteiger partial charge in [0.15, 0.2) is 6.23 Å². The first-order valence-corrected chi connectivity index (χ1v) is 8.99. The van der Waals surface area contributed by atoms with E-state index < -0.39 is 0 Å². The second-order valence-corrected chi connectivity index (χ2v) is 7.07. The molecule has 2 heterocycles. The van der Waals surface area contributed by atoms with E-state index in [0.29, 0.717) is 0 Å². The molecule has 2 atom stereocenters. The molecule has 0 fully saturated rings. The molecule has 0 unspecified atom stereocenters. The van der Waals surface area contributed by atoms with Crippen LogP contribution in [0.1, 0.15) is 43.4 Å². The summed E-state index contributed by atoms with van der Waals surface area (Å²) in [5.41, 5.74) is 3.28. The standard InChI is InChI=1S/C19H18Cl2N2O/c1-2-3-19-23-17(15-10-14(21)8-9-18(15)24-19)11-16(22-23)12-4-6-13(20)7-5-12/h4-10,17,19H,2-3,11H2,1H3/t17-,19-/m0/s1. The van der Waals surface area contributed by atoms with Crippen molar-refractivity contribution in [1.82, 2.24) is 5.01 Å². The molecule has 124 valence electrons. The topological polar surface area (TPSA) is 24.8 Å². The first kappa shape index (κ1) is 15.8. The number of benzene rings is 2. The fourth-order valence-corrected chi connectivity index (χ4v) is 3.69. The van der Waals surface area contributed by atoms with Crippen LogP contribution in [0.4, 0.5) is 0 Å². The molecule has 0 bridgehead atoms. The Balaban J connectivity index is 1.72. The van der Waals surface area contributed by atoms with Gasteiger partial charge in [-0.2, -0.15) is 5.10 Å². The quantitative estimate of drug-likeness (QED) is 0.704. The van der Waals surface area contributed by atoms with E-state index in [1.165, 1.54) is 0 Å². The van der Waals surface area contributed by atoms with Gasteiger partial charge in [-0.3, -0.25) is 5.01 Å². The van der Waals surface area contributed by atoms with E-state index in [9.17, 15) is 0 Å². The lowest BCUT2D eigenvalue weighted by Crippen LogP contribution is -2.40. The Morgan fingerprint density at radius 2 is 1.88 bits per heavy atom. The first-order chi connectivity index (χ1) is 11.7. The van der Waals surface area contributed by atoms with Gasteiger partial charge in [0, 0.05) is 28.5 Å². The van der Waals surface area contributed by atoms with Crippen LogP contribution in [0.3, 0.4) is 0 Å². The van der Waals surface area contributed by atoms with Gasteiger partial charge in [0.1, 0.15) is 5.75 Å². The summed E-state index contributed by atoms with van der Waals surface area (Å²) in [5.74, 6) is 0.923. The van der Waals surface area contributed by atoms with Crippen LogP contribution in [-0.4, -0.2) is 16.9 Å². The maximum absolute atomic E-state index is 6.21. The molecule has 0 N–H and O–H groups in total. The fourth-order valence-electron chi connectivity index (χ4n) is 3.39. The van der Waals surface area contributed by atoms with Crippen molar-refractivity contribution in [1.29, 1.82) is 0 Å². The summed E-state index contributed by atoms with van der Waals surface area (Å²) in [4.78, 5) is 0. The van der Waals surface area contributed by atoms with Crippen molar-refractivity contribution in [3.05, 3.63) is 63.6 Å². The third kappa shape index (κ3) is 2.76. The van der Waals surface area contributed by atoms with Crippen LogP contribution in [0, 0.1) is 0 Å². The number of fused-ring (bicyclic) bond motifs is 3. The zero-order valence-electron chi connectivity index (χ0n) is 13.4. The van der Waals surface area contributed by atoms with E-state index in [1.54, 1.807) is 0 Å². The average Bonchev–Trinajstić information content (AvgIpc) is 3.02. The summed E-state index contributed by atoms with van der Waals surface area (Å²) in [6, 6.07) is 13.9. The van der Waals surface area contributed by atoms with Crippen molar-refractivity contribution < 1.29 is 4.74 Å². The molecule has 0 amide bonds. The minimum atomic E-state index is -0.0292. The smallest absolute Gasteiger partial charge is 0.187 e.